The zero-order valence-corrected chi connectivity index (χ0v) is 14.1. The summed E-state index contributed by atoms with van der Waals surface area (Å²) >= 11 is 0. The largest absolute Gasteiger partial charge is 0.469 e. The molecule has 0 N–H and O–H groups in total. The number of imide groups is 1. The molecule has 7 nitrogen and oxygen atoms in total. The van der Waals surface area contributed by atoms with Crippen molar-refractivity contribution in [2.24, 2.45) is 0 Å². The normalized spacial score (nSPS) is 16.0. The standard InChI is InChI=1S/C18H20N2O5/c1-25-16(22)9-11-19(12-6-7-12)15(21)8-10-20-17(23)13-4-2-3-5-14(13)18(20)24/h2-5,12H,6-11H2,1H3. The molecule has 0 spiro atoms. The second-order valence-corrected chi connectivity index (χ2v) is 6.20. The van der Waals surface area contributed by atoms with Crippen LogP contribution in [0.3, 0.4) is 0 Å². The minimum Gasteiger partial charge on any atom is -0.469 e. The van der Waals surface area contributed by atoms with Crippen LogP contribution in [0.15, 0.2) is 24.3 Å². The SMILES string of the molecule is COC(=O)CCN(C(=O)CCN1C(=O)c2ccccc2C1=O)C1CC1. The van der Waals surface area contributed by atoms with Gasteiger partial charge in [-0.05, 0) is 25.0 Å². The molecule has 0 radical (unpaired) electrons. The van der Waals surface area contributed by atoms with Crippen molar-refractivity contribution in [1.82, 2.24) is 9.80 Å². The Labute approximate surface area is 145 Å². The van der Waals surface area contributed by atoms with Gasteiger partial charge in [0.1, 0.15) is 0 Å². The Morgan fingerprint density at radius 1 is 1.12 bits per heavy atom. The number of rotatable bonds is 7. The predicted molar refractivity (Wildman–Crippen MR) is 87.8 cm³/mol. The van der Waals surface area contributed by atoms with Crippen molar-refractivity contribution in [3.05, 3.63) is 35.4 Å². The third-order valence-electron chi connectivity index (χ3n) is 4.52. The monoisotopic (exact) mass is 344 g/mol. The van der Waals surface area contributed by atoms with Gasteiger partial charge in [0.15, 0.2) is 0 Å². The zero-order chi connectivity index (χ0) is 18.0. The first-order valence-electron chi connectivity index (χ1n) is 8.34. The van der Waals surface area contributed by atoms with Crippen molar-refractivity contribution >= 4 is 23.7 Å². The van der Waals surface area contributed by atoms with E-state index < -0.39 is 0 Å². The van der Waals surface area contributed by atoms with Crippen molar-refractivity contribution in [1.29, 1.82) is 0 Å². The third-order valence-corrected chi connectivity index (χ3v) is 4.52. The number of benzene rings is 1. The Morgan fingerprint density at radius 2 is 1.72 bits per heavy atom. The number of methoxy groups -OCH3 is 1. The van der Waals surface area contributed by atoms with E-state index in [9.17, 15) is 19.2 Å². The molecular weight excluding hydrogens is 324 g/mol. The summed E-state index contributed by atoms with van der Waals surface area (Å²) < 4.78 is 4.61. The maximum atomic E-state index is 12.5. The van der Waals surface area contributed by atoms with E-state index in [1.807, 2.05) is 0 Å². The van der Waals surface area contributed by atoms with Gasteiger partial charge in [-0.3, -0.25) is 24.1 Å². The molecule has 1 saturated carbocycles. The molecule has 1 aliphatic heterocycles. The Morgan fingerprint density at radius 3 is 2.24 bits per heavy atom. The molecule has 132 valence electrons. The van der Waals surface area contributed by atoms with Crippen LogP contribution in [0.2, 0.25) is 0 Å². The Hall–Kier alpha value is -2.70. The number of amides is 3. The maximum Gasteiger partial charge on any atom is 0.307 e. The number of nitrogens with zero attached hydrogens (tertiary/aromatic N) is 2. The van der Waals surface area contributed by atoms with Gasteiger partial charge in [0, 0.05) is 25.6 Å². The molecule has 7 heteroatoms. The predicted octanol–water partition coefficient (Wildman–Crippen LogP) is 1.23. The lowest BCUT2D eigenvalue weighted by Crippen LogP contribution is -2.39. The molecule has 1 aliphatic carbocycles. The lowest BCUT2D eigenvalue weighted by Gasteiger charge is -2.23. The van der Waals surface area contributed by atoms with Gasteiger partial charge in [0.25, 0.3) is 11.8 Å². The van der Waals surface area contributed by atoms with Gasteiger partial charge >= 0.3 is 5.97 Å². The molecule has 0 unspecified atom stereocenters. The summed E-state index contributed by atoms with van der Waals surface area (Å²) in [5.41, 5.74) is 0.759. The summed E-state index contributed by atoms with van der Waals surface area (Å²) in [6.45, 7) is 0.352. The van der Waals surface area contributed by atoms with E-state index in [2.05, 4.69) is 4.74 Å². The average Bonchev–Trinajstić information content (AvgIpc) is 3.42. The Kier molecular flexibility index (Phi) is 4.83. The van der Waals surface area contributed by atoms with E-state index in [0.717, 1.165) is 17.7 Å². The van der Waals surface area contributed by atoms with Crippen LogP contribution >= 0.6 is 0 Å². The summed E-state index contributed by atoms with van der Waals surface area (Å²) in [5.74, 6) is -1.23. The fourth-order valence-corrected chi connectivity index (χ4v) is 3.00. The summed E-state index contributed by atoms with van der Waals surface area (Å²) in [5, 5.41) is 0. The van der Waals surface area contributed by atoms with Crippen LogP contribution in [0.5, 0.6) is 0 Å². The van der Waals surface area contributed by atoms with E-state index in [0.29, 0.717) is 17.7 Å². The second kappa shape index (κ2) is 7.04. The van der Waals surface area contributed by atoms with Crippen molar-refractivity contribution in [2.45, 2.75) is 31.7 Å². The molecule has 1 aromatic carbocycles. The Balaban J connectivity index is 1.59. The molecule has 2 aliphatic rings. The highest BCUT2D eigenvalue weighted by Gasteiger charge is 2.37. The van der Waals surface area contributed by atoms with Crippen LogP contribution in [0.25, 0.3) is 0 Å². The molecular formula is C18H20N2O5. The lowest BCUT2D eigenvalue weighted by molar-refractivity contribution is -0.141. The van der Waals surface area contributed by atoms with Gasteiger partial charge in [-0.2, -0.15) is 0 Å². The zero-order valence-electron chi connectivity index (χ0n) is 14.1. The van der Waals surface area contributed by atoms with Gasteiger partial charge in [0.05, 0.1) is 24.7 Å². The van der Waals surface area contributed by atoms with Crippen molar-refractivity contribution in [3.8, 4) is 0 Å². The molecule has 0 aromatic heterocycles. The molecule has 3 rings (SSSR count). The van der Waals surface area contributed by atoms with E-state index in [1.54, 1.807) is 29.2 Å². The van der Waals surface area contributed by atoms with Gasteiger partial charge < -0.3 is 9.64 Å². The van der Waals surface area contributed by atoms with Crippen molar-refractivity contribution in [2.75, 3.05) is 20.2 Å². The smallest absolute Gasteiger partial charge is 0.307 e. The first kappa shape index (κ1) is 17.1. The number of hydrogen-bond acceptors (Lipinski definition) is 5. The molecule has 3 amide bonds. The first-order chi connectivity index (χ1) is 12.0. The second-order valence-electron chi connectivity index (χ2n) is 6.20. The molecule has 0 bridgehead atoms. The summed E-state index contributed by atoms with van der Waals surface area (Å²) in [6.07, 6.45) is 2.04. The molecule has 25 heavy (non-hydrogen) atoms. The van der Waals surface area contributed by atoms with Crippen LogP contribution in [-0.4, -0.2) is 59.7 Å². The lowest BCUT2D eigenvalue weighted by atomic mass is 10.1. The number of carbonyl (C=O) groups is 4. The molecule has 1 heterocycles. The van der Waals surface area contributed by atoms with E-state index in [4.69, 9.17) is 0 Å². The van der Waals surface area contributed by atoms with E-state index >= 15 is 0 Å². The quantitative estimate of drug-likeness (QED) is 0.549. The number of hydrogen-bond donors (Lipinski definition) is 0. The minimum atomic E-state index is -0.362. The molecule has 1 aromatic rings. The van der Waals surface area contributed by atoms with Gasteiger partial charge in [-0.1, -0.05) is 12.1 Å². The van der Waals surface area contributed by atoms with Crippen molar-refractivity contribution < 1.29 is 23.9 Å². The maximum absolute atomic E-state index is 12.5. The van der Waals surface area contributed by atoms with Crippen LogP contribution in [-0.2, 0) is 14.3 Å². The summed E-state index contributed by atoms with van der Waals surface area (Å²) in [4.78, 5) is 51.2. The summed E-state index contributed by atoms with van der Waals surface area (Å²) in [7, 11) is 1.31. The van der Waals surface area contributed by atoms with Gasteiger partial charge in [-0.25, -0.2) is 0 Å². The van der Waals surface area contributed by atoms with E-state index in [-0.39, 0.29) is 49.1 Å². The first-order valence-corrected chi connectivity index (χ1v) is 8.34. The number of fused-ring (bicyclic) bond motifs is 1. The van der Waals surface area contributed by atoms with Gasteiger partial charge in [0.2, 0.25) is 5.91 Å². The fraction of sp³-hybridized carbons (Fsp3) is 0.444. The van der Waals surface area contributed by atoms with Crippen LogP contribution in [0.1, 0.15) is 46.4 Å². The van der Waals surface area contributed by atoms with Crippen LogP contribution < -0.4 is 0 Å². The third kappa shape index (κ3) is 3.55. The Bertz CT molecular complexity index is 691. The highest BCUT2D eigenvalue weighted by Crippen LogP contribution is 2.28. The minimum absolute atomic E-state index is 0.0482. The highest BCUT2D eigenvalue weighted by atomic mass is 16.5. The molecule has 0 saturated heterocycles. The number of carbonyl (C=O) groups excluding carboxylic acids is 4. The molecule has 0 atom stereocenters. The van der Waals surface area contributed by atoms with Crippen LogP contribution in [0, 0.1) is 0 Å². The molecule has 1 fully saturated rings. The van der Waals surface area contributed by atoms with Crippen LogP contribution in [0.4, 0.5) is 0 Å². The fourth-order valence-electron chi connectivity index (χ4n) is 3.00. The average molecular weight is 344 g/mol. The van der Waals surface area contributed by atoms with Crippen molar-refractivity contribution in [3.63, 3.8) is 0 Å². The highest BCUT2D eigenvalue weighted by molar-refractivity contribution is 6.21. The number of ether oxygens (including phenoxy) is 1. The van der Waals surface area contributed by atoms with E-state index in [1.165, 1.54) is 7.11 Å². The van der Waals surface area contributed by atoms with Gasteiger partial charge in [-0.15, -0.1) is 0 Å². The summed E-state index contributed by atoms with van der Waals surface area (Å²) in [6, 6.07) is 6.80. The topological polar surface area (TPSA) is 84.0 Å². The number of esters is 1.